The highest BCUT2D eigenvalue weighted by Crippen LogP contribution is 2.34. The standard InChI is InChI=1S/C25H21N3O5/c1-32-21-12-18(16-4-6-17(7-5-16)25(30)31)10-19-11-20(33-24(19)21)14-28-23(29)9-3-15-2-8-22(26)27-13-15/h2-13H,14H2,1H3,(H2,26,27)(H,28,29)(H,30,31)/b9-3+. The van der Waals surface area contributed by atoms with Crippen molar-refractivity contribution in [2.75, 3.05) is 12.8 Å². The number of nitrogens with one attached hydrogen (secondary N) is 1. The van der Waals surface area contributed by atoms with Gasteiger partial charge in [-0.3, -0.25) is 4.79 Å². The van der Waals surface area contributed by atoms with Crippen LogP contribution in [0, 0.1) is 0 Å². The molecule has 0 atom stereocenters. The molecular formula is C25H21N3O5. The third-order valence-electron chi connectivity index (χ3n) is 4.99. The quantitative estimate of drug-likeness (QED) is 0.367. The smallest absolute Gasteiger partial charge is 0.335 e. The van der Waals surface area contributed by atoms with Crippen molar-refractivity contribution < 1.29 is 23.8 Å². The number of rotatable bonds is 7. The topological polar surface area (TPSA) is 128 Å². The maximum Gasteiger partial charge on any atom is 0.335 e. The molecule has 0 bridgehead atoms. The highest BCUT2D eigenvalue weighted by molar-refractivity contribution is 5.92. The van der Waals surface area contributed by atoms with Gasteiger partial charge in [0.05, 0.1) is 19.2 Å². The van der Waals surface area contributed by atoms with Crippen molar-refractivity contribution >= 4 is 34.7 Å². The highest BCUT2D eigenvalue weighted by Gasteiger charge is 2.13. The molecule has 8 heteroatoms. The number of carbonyl (C=O) groups excluding carboxylic acids is 1. The number of furan rings is 1. The lowest BCUT2D eigenvalue weighted by Crippen LogP contribution is -2.19. The molecule has 2 aromatic heterocycles. The average molecular weight is 443 g/mol. The third kappa shape index (κ3) is 5.01. The van der Waals surface area contributed by atoms with Crippen molar-refractivity contribution in [3.8, 4) is 16.9 Å². The lowest BCUT2D eigenvalue weighted by Gasteiger charge is -2.06. The van der Waals surface area contributed by atoms with Crippen molar-refractivity contribution in [3.63, 3.8) is 0 Å². The molecule has 2 aromatic carbocycles. The number of carboxylic acids is 1. The van der Waals surface area contributed by atoms with E-state index in [-0.39, 0.29) is 18.0 Å². The number of aromatic carboxylic acids is 1. The van der Waals surface area contributed by atoms with E-state index in [1.807, 2.05) is 18.2 Å². The molecule has 0 aliphatic heterocycles. The fourth-order valence-electron chi connectivity index (χ4n) is 3.31. The van der Waals surface area contributed by atoms with E-state index in [1.54, 1.807) is 55.8 Å². The van der Waals surface area contributed by atoms with E-state index < -0.39 is 5.97 Å². The van der Waals surface area contributed by atoms with E-state index in [0.29, 0.717) is 22.9 Å². The molecular weight excluding hydrogens is 422 g/mol. The van der Waals surface area contributed by atoms with Crippen LogP contribution in [0.4, 0.5) is 5.82 Å². The van der Waals surface area contributed by atoms with Gasteiger partial charge in [0.15, 0.2) is 11.3 Å². The second kappa shape index (κ2) is 9.27. The predicted octanol–water partition coefficient (Wildman–Crippen LogP) is 4.11. The van der Waals surface area contributed by atoms with Crippen LogP contribution in [0.1, 0.15) is 21.7 Å². The van der Waals surface area contributed by atoms with E-state index in [0.717, 1.165) is 22.1 Å². The van der Waals surface area contributed by atoms with E-state index in [4.69, 9.17) is 20.0 Å². The average Bonchev–Trinajstić information content (AvgIpc) is 3.25. The molecule has 2 heterocycles. The Kier molecular flexibility index (Phi) is 6.08. The van der Waals surface area contributed by atoms with E-state index >= 15 is 0 Å². The second-order valence-corrected chi connectivity index (χ2v) is 7.26. The third-order valence-corrected chi connectivity index (χ3v) is 4.99. The van der Waals surface area contributed by atoms with Crippen LogP contribution >= 0.6 is 0 Å². The molecule has 166 valence electrons. The largest absolute Gasteiger partial charge is 0.493 e. The molecule has 8 nitrogen and oxygen atoms in total. The summed E-state index contributed by atoms with van der Waals surface area (Å²) < 4.78 is 11.4. The number of nitrogen functional groups attached to an aromatic ring is 1. The van der Waals surface area contributed by atoms with Gasteiger partial charge in [-0.05, 0) is 65.2 Å². The van der Waals surface area contributed by atoms with Gasteiger partial charge in [-0.1, -0.05) is 12.1 Å². The Bertz CT molecular complexity index is 1340. The van der Waals surface area contributed by atoms with Gasteiger partial charge in [-0.2, -0.15) is 0 Å². The Morgan fingerprint density at radius 1 is 1.12 bits per heavy atom. The minimum Gasteiger partial charge on any atom is -0.493 e. The fourth-order valence-corrected chi connectivity index (χ4v) is 3.31. The summed E-state index contributed by atoms with van der Waals surface area (Å²) in [6, 6.07) is 15.6. The fraction of sp³-hybridized carbons (Fsp3) is 0.0800. The lowest BCUT2D eigenvalue weighted by atomic mass is 10.0. The van der Waals surface area contributed by atoms with Crippen molar-refractivity contribution in [2.24, 2.45) is 0 Å². The molecule has 0 unspecified atom stereocenters. The van der Waals surface area contributed by atoms with Crippen LogP contribution in [0.2, 0.25) is 0 Å². The number of ether oxygens (including phenoxy) is 1. The summed E-state index contributed by atoms with van der Waals surface area (Å²) in [5, 5.41) is 12.7. The van der Waals surface area contributed by atoms with E-state index in [9.17, 15) is 9.59 Å². The zero-order chi connectivity index (χ0) is 23.4. The number of amides is 1. The zero-order valence-electron chi connectivity index (χ0n) is 17.7. The minimum absolute atomic E-state index is 0.198. The maximum absolute atomic E-state index is 12.2. The minimum atomic E-state index is -0.976. The van der Waals surface area contributed by atoms with Crippen molar-refractivity contribution in [2.45, 2.75) is 6.54 Å². The Morgan fingerprint density at radius 3 is 2.58 bits per heavy atom. The number of hydrogen-bond acceptors (Lipinski definition) is 6. The maximum atomic E-state index is 12.2. The van der Waals surface area contributed by atoms with Gasteiger partial charge < -0.3 is 25.3 Å². The zero-order valence-corrected chi connectivity index (χ0v) is 17.7. The van der Waals surface area contributed by atoms with E-state index in [2.05, 4.69) is 10.3 Å². The van der Waals surface area contributed by atoms with Crippen LogP contribution in [-0.2, 0) is 11.3 Å². The summed E-state index contributed by atoms with van der Waals surface area (Å²) in [7, 11) is 1.55. The lowest BCUT2D eigenvalue weighted by molar-refractivity contribution is -0.116. The summed E-state index contributed by atoms with van der Waals surface area (Å²) in [5.41, 5.74) is 8.80. The normalized spacial score (nSPS) is 11.1. The molecule has 4 aromatic rings. The number of benzene rings is 2. The van der Waals surface area contributed by atoms with Crippen LogP contribution in [0.25, 0.3) is 28.2 Å². The van der Waals surface area contributed by atoms with Crippen LogP contribution in [0.15, 0.2) is 71.3 Å². The number of nitrogens with zero attached hydrogens (tertiary/aromatic N) is 1. The van der Waals surface area contributed by atoms with Crippen molar-refractivity contribution in [1.82, 2.24) is 10.3 Å². The first-order chi connectivity index (χ1) is 15.9. The van der Waals surface area contributed by atoms with Crippen molar-refractivity contribution in [3.05, 3.63) is 83.8 Å². The van der Waals surface area contributed by atoms with Gasteiger partial charge >= 0.3 is 5.97 Å². The summed E-state index contributed by atoms with van der Waals surface area (Å²) in [6.07, 6.45) is 4.64. The van der Waals surface area contributed by atoms with Crippen LogP contribution < -0.4 is 15.8 Å². The van der Waals surface area contributed by atoms with Crippen molar-refractivity contribution in [1.29, 1.82) is 0 Å². The molecule has 0 fully saturated rings. The Morgan fingerprint density at radius 2 is 1.91 bits per heavy atom. The monoisotopic (exact) mass is 443 g/mol. The molecule has 0 aliphatic rings. The highest BCUT2D eigenvalue weighted by atomic mass is 16.5. The molecule has 0 radical (unpaired) electrons. The SMILES string of the molecule is COc1cc(-c2ccc(C(=O)O)cc2)cc2cc(CNC(=O)/C=C/c3ccc(N)nc3)oc12. The molecule has 0 saturated carbocycles. The molecule has 33 heavy (non-hydrogen) atoms. The van der Waals surface area contributed by atoms with Crippen LogP contribution in [-0.4, -0.2) is 29.1 Å². The Balaban J connectivity index is 1.50. The summed E-state index contributed by atoms with van der Waals surface area (Å²) in [6.45, 7) is 0.198. The Hall–Kier alpha value is -4.59. The predicted molar refractivity (Wildman–Crippen MR) is 125 cm³/mol. The molecule has 4 rings (SSSR count). The van der Waals surface area contributed by atoms with E-state index in [1.165, 1.54) is 6.08 Å². The molecule has 1 amide bonds. The van der Waals surface area contributed by atoms with Gasteiger partial charge in [0.2, 0.25) is 5.91 Å². The summed E-state index contributed by atoms with van der Waals surface area (Å²) in [5.74, 6) is 0.266. The van der Waals surface area contributed by atoms with Crippen LogP contribution in [0.3, 0.4) is 0 Å². The van der Waals surface area contributed by atoms with Gasteiger partial charge in [0.25, 0.3) is 0 Å². The molecule has 0 aliphatic carbocycles. The molecule has 0 spiro atoms. The number of pyridine rings is 1. The summed E-state index contributed by atoms with van der Waals surface area (Å²) in [4.78, 5) is 27.2. The number of anilines is 1. The molecule has 0 saturated heterocycles. The number of hydrogen-bond donors (Lipinski definition) is 3. The van der Waals surface area contributed by atoms with Gasteiger partial charge in [0, 0.05) is 17.7 Å². The first-order valence-electron chi connectivity index (χ1n) is 10.0. The van der Waals surface area contributed by atoms with Gasteiger partial charge in [0.1, 0.15) is 11.6 Å². The second-order valence-electron chi connectivity index (χ2n) is 7.26. The number of methoxy groups -OCH3 is 1. The van der Waals surface area contributed by atoms with Gasteiger partial charge in [-0.15, -0.1) is 0 Å². The Labute approximate surface area is 189 Å². The number of fused-ring (bicyclic) bond motifs is 1. The summed E-state index contributed by atoms with van der Waals surface area (Å²) >= 11 is 0. The molecule has 4 N–H and O–H groups in total. The number of aromatic nitrogens is 1. The number of nitrogens with two attached hydrogens (primary N) is 1. The first-order valence-corrected chi connectivity index (χ1v) is 10.0. The van der Waals surface area contributed by atoms with Crippen LogP contribution in [0.5, 0.6) is 5.75 Å². The van der Waals surface area contributed by atoms with Gasteiger partial charge in [-0.25, -0.2) is 9.78 Å². The first kappa shape index (κ1) is 21.6. The number of carbonyl (C=O) groups is 2. The number of carboxylic acid groups (broad SMARTS) is 1.